The van der Waals surface area contributed by atoms with Gasteiger partial charge < -0.3 is 10.1 Å². The second kappa shape index (κ2) is 8.16. The summed E-state index contributed by atoms with van der Waals surface area (Å²) in [6.45, 7) is 4.19. The molecule has 0 saturated carbocycles. The minimum atomic E-state index is -0.729. The fourth-order valence-electron chi connectivity index (χ4n) is 1.55. The van der Waals surface area contributed by atoms with Gasteiger partial charge in [-0.15, -0.1) is 0 Å². The average Bonchev–Trinajstić information content (AvgIpc) is 2.74. The predicted octanol–water partition coefficient (Wildman–Crippen LogP) is 1.21. The van der Waals surface area contributed by atoms with Crippen molar-refractivity contribution >= 4 is 36.1 Å². The van der Waals surface area contributed by atoms with Crippen molar-refractivity contribution in [2.24, 2.45) is 0 Å². The summed E-state index contributed by atoms with van der Waals surface area (Å²) in [7, 11) is 0. The summed E-state index contributed by atoms with van der Waals surface area (Å²) in [5, 5.41) is 7.19. The van der Waals surface area contributed by atoms with Crippen molar-refractivity contribution in [1.82, 2.24) is 15.1 Å². The van der Waals surface area contributed by atoms with E-state index in [0.717, 1.165) is 5.69 Å². The van der Waals surface area contributed by atoms with Gasteiger partial charge in [-0.3, -0.25) is 9.48 Å². The quantitative estimate of drug-likeness (QED) is 0.585. The largest absolute Gasteiger partial charge is 0.464 e. The lowest BCUT2D eigenvalue weighted by Crippen LogP contribution is -2.43. The van der Waals surface area contributed by atoms with Crippen LogP contribution in [0.15, 0.2) is 6.20 Å². The van der Waals surface area contributed by atoms with E-state index in [-0.39, 0.29) is 24.7 Å². The zero-order valence-corrected chi connectivity index (χ0v) is 13.1. The molecule has 0 bridgehead atoms. The standard InChI is InChI=1S/C12H18ClN3O3S/c1-3-19-12(18)10(7-20)15-11(17)4-5-16-8(2)9(13)6-14-16/h6,10,20H,3-5,7H2,1-2H3,(H,15,17)/t10-/m0/s1. The average molecular weight is 320 g/mol. The van der Waals surface area contributed by atoms with Crippen molar-refractivity contribution in [2.45, 2.75) is 32.9 Å². The molecule has 0 unspecified atom stereocenters. The van der Waals surface area contributed by atoms with E-state index in [1.807, 2.05) is 6.92 Å². The van der Waals surface area contributed by atoms with Crippen molar-refractivity contribution < 1.29 is 14.3 Å². The number of esters is 1. The Morgan fingerprint density at radius 2 is 2.30 bits per heavy atom. The highest BCUT2D eigenvalue weighted by Gasteiger charge is 2.20. The summed E-state index contributed by atoms with van der Waals surface area (Å²) < 4.78 is 6.48. The van der Waals surface area contributed by atoms with Gasteiger partial charge in [0.2, 0.25) is 5.91 Å². The number of hydrogen-bond donors (Lipinski definition) is 2. The minimum absolute atomic E-state index is 0.192. The molecule has 0 aliphatic heterocycles. The van der Waals surface area contributed by atoms with E-state index in [1.54, 1.807) is 11.6 Å². The lowest BCUT2D eigenvalue weighted by Gasteiger charge is -2.15. The summed E-state index contributed by atoms with van der Waals surface area (Å²) in [5.74, 6) is -0.547. The van der Waals surface area contributed by atoms with Crippen molar-refractivity contribution in [3.8, 4) is 0 Å². The Morgan fingerprint density at radius 3 is 2.80 bits per heavy atom. The molecule has 0 fully saturated rings. The number of carbonyl (C=O) groups is 2. The molecule has 1 amide bonds. The van der Waals surface area contributed by atoms with Gasteiger partial charge in [-0.25, -0.2) is 4.79 Å². The molecule has 1 N–H and O–H groups in total. The molecule has 0 radical (unpaired) electrons. The van der Waals surface area contributed by atoms with Crippen LogP contribution >= 0.6 is 24.2 Å². The Hall–Kier alpha value is -1.21. The Labute approximate surface area is 128 Å². The topological polar surface area (TPSA) is 73.2 Å². The molecule has 0 aliphatic rings. The maximum Gasteiger partial charge on any atom is 0.329 e. The van der Waals surface area contributed by atoms with Crippen LogP contribution in [-0.2, 0) is 20.9 Å². The maximum atomic E-state index is 11.8. The molecule has 1 aromatic rings. The van der Waals surface area contributed by atoms with Crippen molar-refractivity contribution in [1.29, 1.82) is 0 Å². The molecule has 0 aliphatic carbocycles. The highest BCUT2D eigenvalue weighted by Crippen LogP contribution is 2.13. The number of amides is 1. The van der Waals surface area contributed by atoms with Gasteiger partial charge in [0.25, 0.3) is 0 Å². The van der Waals surface area contributed by atoms with Gasteiger partial charge in [0.05, 0.1) is 30.1 Å². The van der Waals surface area contributed by atoms with Gasteiger partial charge in [-0.1, -0.05) is 11.6 Å². The third kappa shape index (κ3) is 4.72. The van der Waals surface area contributed by atoms with Crippen LogP contribution in [0.1, 0.15) is 19.0 Å². The van der Waals surface area contributed by atoms with Gasteiger partial charge >= 0.3 is 5.97 Å². The van der Waals surface area contributed by atoms with E-state index < -0.39 is 12.0 Å². The number of aryl methyl sites for hydroxylation is 1. The SMILES string of the molecule is CCOC(=O)[C@H](CS)NC(=O)CCn1ncc(Cl)c1C. The Balaban J connectivity index is 2.46. The molecular formula is C12H18ClN3O3S. The van der Waals surface area contributed by atoms with Crippen LogP contribution in [0.25, 0.3) is 0 Å². The summed E-state index contributed by atoms with van der Waals surface area (Å²) in [6, 6.07) is -0.729. The third-order valence-electron chi connectivity index (χ3n) is 2.68. The number of ether oxygens (including phenoxy) is 1. The van der Waals surface area contributed by atoms with E-state index in [2.05, 4.69) is 23.0 Å². The highest BCUT2D eigenvalue weighted by molar-refractivity contribution is 7.80. The zero-order valence-electron chi connectivity index (χ0n) is 11.4. The van der Waals surface area contributed by atoms with Crippen LogP contribution in [0.2, 0.25) is 5.02 Å². The van der Waals surface area contributed by atoms with Crippen molar-refractivity contribution in [2.75, 3.05) is 12.4 Å². The molecular weight excluding hydrogens is 302 g/mol. The Bertz CT molecular complexity index is 479. The molecule has 112 valence electrons. The van der Waals surface area contributed by atoms with Crippen molar-refractivity contribution in [3.63, 3.8) is 0 Å². The molecule has 20 heavy (non-hydrogen) atoms. The Kier molecular flexibility index (Phi) is 6.87. The fourth-order valence-corrected chi connectivity index (χ4v) is 1.93. The van der Waals surface area contributed by atoms with Crippen LogP contribution in [0.5, 0.6) is 0 Å². The number of nitrogens with zero attached hydrogens (tertiary/aromatic N) is 2. The lowest BCUT2D eigenvalue weighted by molar-refractivity contribution is -0.146. The number of nitrogens with one attached hydrogen (secondary N) is 1. The molecule has 1 atom stereocenters. The second-order valence-electron chi connectivity index (χ2n) is 4.11. The minimum Gasteiger partial charge on any atom is -0.464 e. The first-order valence-electron chi connectivity index (χ1n) is 6.24. The Morgan fingerprint density at radius 1 is 1.60 bits per heavy atom. The van der Waals surface area contributed by atoms with Gasteiger partial charge in [0, 0.05) is 12.2 Å². The number of aromatic nitrogens is 2. The van der Waals surface area contributed by atoms with E-state index in [4.69, 9.17) is 16.3 Å². The van der Waals surface area contributed by atoms with Gasteiger partial charge in [0.1, 0.15) is 6.04 Å². The number of carbonyl (C=O) groups excluding carboxylic acids is 2. The normalized spacial score (nSPS) is 12.0. The smallest absolute Gasteiger partial charge is 0.329 e. The molecule has 1 heterocycles. The maximum absolute atomic E-state index is 11.8. The van der Waals surface area contributed by atoms with Gasteiger partial charge in [-0.2, -0.15) is 17.7 Å². The summed E-state index contributed by atoms with van der Waals surface area (Å²) in [4.78, 5) is 23.3. The first-order valence-corrected chi connectivity index (χ1v) is 7.25. The molecule has 1 rings (SSSR count). The molecule has 0 spiro atoms. The van der Waals surface area contributed by atoms with Crippen molar-refractivity contribution in [3.05, 3.63) is 16.9 Å². The van der Waals surface area contributed by atoms with Crippen LogP contribution in [0.3, 0.4) is 0 Å². The monoisotopic (exact) mass is 319 g/mol. The number of halogens is 1. The first kappa shape index (κ1) is 16.8. The summed E-state index contributed by atoms with van der Waals surface area (Å²) >= 11 is 9.90. The summed E-state index contributed by atoms with van der Waals surface area (Å²) in [6.07, 6.45) is 1.73. The van der Waals surface area contributed by atoms with Gasteiger partial charge in [-0.05, 0) is 13.8 Å². The fraction of sp³-hybridized carbons (Fsp3) is 0.583. The highest BCUT2D eigenvalue weighted by atomic mass is 35.5. The second-order valence-corrected chi connectivity index (χ2v) is 4.88. The number of rotatable bonds is 7. The van der Waals surface area contributed by atoms with Crippen LogP contribution in [-0.4, -0.2) is 40.1 Å². The van der Waals surface area contributed by atoms with Crippen LogP contribution in [0, 0.1) is 6.92 Å². The summed E-state index contributed by atoms with van der Waals surface area (Å²) in [5.41, 5.74) is 0.801. The lowest BCUT2D eigenvalue weighted by atomic mass is 10.3. The number of thiol groups is 1. The van der Waals surface area contributed by atoms with Crippen LogP contribution < -0.4 is 5.32 Å². The first-order chi connectivity index (χ1) is 9.49. The zero-order chi connectivity index (χ0) is 15.1. The van der Waals surface area contributed by atoms with E-state index in [0.29, 0.717) is 11.6 Å². The van der Waals surface area contributed by atoms with Gasteiger partial charge in [0.15, 0.2) is 0 Å². The molecule has 0 saturated heterocycles. The van der Waals surface area contributed by atoms with E-state index in [9.17, 15) is 9.59 Å². The number of hydrogen-bond acceptors (Lipinski definition) is 5. The van der Waals surface area contributed by atoms with E-state index >= 15 is 0 Å². The molecule has 6 nitrogen and oxygen atoms in total. The predicted molar refractivity (Wildman–Crippen MR) is 79.0 cm³/mol. The molecule has 1 aromatic heterocycles. The molecule has 0 aromatic carbocycles. The van der Waals surface area contributed by atoms with E-state index in [1.165, 1.54) is 6.20 Å². The molecule has 8 heteroatoms. The van der Waals surface area contributed by atoms with Crippen LogP contribution in [0.4, 0.5) is 0 Å². The third-order valence-corrected chi connectivity index (χ3v) is 3.42.